The van der Waals surface area contributed by atoms with Gasteiger partial charge in [0, 0.05) is 0 Å². The van der Waals surface area contributed by atoms with Crippen molar-refractivity contribution in [1.29, 1.82) is 0 Å². The summed E-state index contributed by atoms with van der Waals surface area (Å²) in [6.07, 6.45) is 4.01. The summed E-state index contributed by atoms with van der Waals surface area (Å²) in [7, 11) is -2.23. The molecule has 10 heteroatoms. The molecule has 1 amide bonds. The molecular formula is C20H22ClN3O5S. The molecule has 0 fully saturated rings. The lowest BCUT2D eigenvalue weighted by atomic mass is 10.2. The number of ether oxygens (including phenoxy) is 2. The Labute approximate surface area is 180 Å². The van der Waals surface area contributed by atoms with Gasteiger partial charge in [-0.3, -0.25) is 9.10 Å². The molecule has 0 unspecified atom stereocenters. The van der Waals surface area contributed by atoms with Gasteiger partial charge in [-0.05, 0) is 35.9 Å². The average molecular weight is 452 g/mol. The standard InChI is InChI=1S/C20H22ClN3O5S/c1-4-11-29-18-10-9-15(12-19(18)28-2)13-22-23-20(25)14-24(30(3,26)27)17-8-6-5-7-16(17)21/h4-10,12-13H,1,11,14H2,2-3H3,(H,23,25)/b22-13-. The van der Waals surface area contributed by atoms with E-state index < -0.39 is 22.5 Å². The highest BCUT2D eigenvalue weighted by Crippen LogP contribution is 2.28. The van der Waals surface area contributed by atoms with Crippen molar-refractivity contribution >= 4 is 39.4 Å². The zero-order chi connectivity index (χ0) is 22.1. The topological polar surface area (TPSA) is 97.3 Å². The molecule has 0 saturated heterocycles. The van der Waals surface area contributed by atoms with E-state index in [9.17, 15) is 13.2 Å². The number of halogens is 1. The minimum atomic E-state index is -3.74. The van der Waals surface area contributed by atoms with Crippen molar-refractivity contribution in [2.24, 2.45) is 5.10 Å². The van der Waals surface area contributed by atoms with Crippen LogP contribution in [0.5, 0.6) is 11.5 Å². The molecule has 1 N–H and O–H groups in total. The molecule has 0 heterocycles. The molecule has 0 aliphatic rings. The smallest absolute Gasteiger partial charge is 0.260 e. The molecule has 0 aromatic heterocycles. The van der Waals surface area contributed by atoms with Gasteiger partial charge in [0.2, 0.25) is 10.0 Å². The Balaban J connectivity index is 2.08. The quantitative estimate of drug-likeness (QED) is 0.340. The molecule has 0 bridgehead atoms. The lowest BCUT2D eigenvalue weighted by Crippen LogP contribution is -2.39. The predicted octanol–water partition coefficient (Wildman–Crippen LogP) is 2.83. The van der Waals surface area contributed by atoms with Crippen LogP contribution >= 0.6 is 11.6 Å². The minimum absolute atomic E-state index is 0.209. The Morgan fingerprint density at radius 1 is 1.27 bits per heavy atom. The number of hydrazone groups is 1. The van der Waals surface area contributed by atoms with Crippen LogP contribution < -0.4 is 19.2 Å². The van der Waals surface area contributed by atoms with Gasteiger partial charge in [0.25, 0.3) is 5.91 Å². The van der Waals surface area contributed by atoms with E-state index in [1.54, 1.807) is 42.5 Å². The number of carbonyl (C=O) groups is 1. The van der Waals surface area contributed by atoms with Crippen molar-refractivity contribution in [2.45, 2.75) is 0 Å². The molecule has 0 saturated carbocycles. The molecule has 160 valence electrons. The first-order valence-corrected chi connectivity index (χ1v) is 10.9. The van der Waals surface area contributed by atoms with Gasteiger partial charge >= 0.3 is 0 Å². The lowest BCUT2D eigenvalue weighted by molar-refractivity contribution is -0.119. The second-order valence-electron chi connectivity index (χ2n) is 6.02. The van der Waals surface area contributed by atoms with Gasteiger partial charge in [-0.15, -0.1) is 0 Å². The van der Waals surface area contributed by atoms with Gasteiger partial charge in [0.1, 0.15) is 13.2 Å². The number of para-hydroxylation sites is 1. The molecule has 2 aromatic rings. The molecule has 0 radical (unpaired) electrons. The Hall–Kier alpha value is -3.04. The first kappa shape index (κ1) is 23.2. The summed E-state index contributed by atoms with van der Waals surface area (Å²) in [5.74, 6) is 0.408. The van der Waals surface area contributed by atoms with Crippen LogP contribution in [0.2, 0.25) is 5.02 Å². The molecule has 0 aliphatic heterocycles. The number of carbonyl (C=O) groups excluding carboxylic acids is 1. The monoisotopic (exact) mass is 451 g/mol. The lowest BCUT2D eigenvalue weighted by Gasteiger charge is -2.22. The SMILES string of the molecule is C=CCOc1ccc(/C=N\NC(=O)CN(c2ccccc2Cl)S(C)(=O)=O)cc1OC. The zero-order valence-corrected chi connectivity index (χ0v) is 18.1. The Bertz CT molecular complexity index is 1040. The van der Waals surface area contributed by atoms with E-state index in [1.165, 1.54) is 19.4 Å². The van der Waals surface area contributed by atoms with Crippen LogP contribution in [-0.4, -0.2) is 47.1 Å². The fraction of sp³-hybridized carbons (Fsp3) is 0.200. The fourth-order valence-corrected chi connectivity index (χ4v) is 3.57. The number of amides is 1. The maximum absolute atomic E-state index is 12.2. The normalized spacial score (nSPS) is 11.2. The first-order chi connectivity index (χ1) is 14.3. The number of hydrogen-bond donors (Lipinski definition) is 1. The number of anilines is 1. The van der Waals surface area contributed by atoms with Crippen molar-refractivity contribution in [1.82, 2.24) is 5.43 Å². The molecule has 0 spiro atoms. The molecule has 8 nitrogen and oxygen atoms in total. The Morgan fingerprint density at radius 3 is 2.63 bits per heavy atom. The molecular weight excluding hydrogens is 430 g/mol. The highest BCUT2D eigenvalue weighted by molar-refractivity contribution is 7.92. The third-order valence-electron chi connectivity index (χ3n) is 3.76. The maximum Gasteiger partial charge on any atom is 0.260 e. The zero-order valence-electron chi connectivity index (χ0n) is 16.5. The van der Waals surface area contributed by atoms with Crippen LogP contribution in [0, 0.1) is 0 Å². The number of nitrogens with one attached hydrogen (secondary N) is 1. The van der Waals surface area contributed by atoms with Crippen molar-refractivity contribution in [2.75, 3.05) is 30.8 Å². The van der Waals surface area contributed by atoms with Crippen LogP contribution in [0.1, 0.15) is 5.56 Å². The molecule has 0 aliphatic carbocycles. The summed E-state index contributed by atoms with van der Waals surface area (Å²) in [4.78, 5) is 12.2. The van der Waals surface area contributed by atoms with Crippen molar-refractivity contribution < 1.29 is 22.7 Å². The number of nitrogens with zero attached hydrogens (tertiary/aromatic N) is 2. The first-order valence-electron chi connectivity index (χ1n) is 8.72. The molecule has 0 atom stereocenters. The van der Waals surface area contributed by atoms with Crippen molar-refractivity contribution in [3.63, 3.8) is 0 Å². The minimum Gasteiger partial charge on any atom is -0.493 e. The van der Waals surface area contributed by atoms with Gasteiger partial charge in [-0.1, -0.05) is 36.4 Å². The highest BCUT2D eigenvalue weighted by atomic mass is 35.5. The third-order valence-corrected chi connectivity index (χ3v) is 5.20. The van der Waals surface area contributed by atoms with E-state index in [0.29, 0.717) is 23.7 Å². The highest BCUT2D eigenvalue weighted by Gasteiger charge is 2.22. The fourth-order valence-electron chi connectivity index (χ4n) is 2.41. The van der Waals surface area contributed by atoms with Crippen LogP contribution in [0.4, 0.5) is 5.69 Å². The van der Waals surface area contributed by atoms with Crippen LogP contribution in [0.25, 0.3) is 0 Å². The average Bonchev–Trinajstić information content (AvgIpc) is 2.70. The molecule has 2 rings (SSSR count). The van der Waals surface area contributed by atoms with Crippen molar-refractivity contribution in [3.8, 4) is 11.5 Å². The van der Waals surface area contributed by atoms with E-state index >= 15 is 0 Å². The van der Waals surface area contributed by atoms with Crippen LogP contribution in [0.3, 0.4) is 0 Å². The van der Waals surface area contributed by atoms with Gasteiger partial charge in [-0.25, -0.2) is 13.8 Å². The number of methoxy groups -OCH3 is 1. The van der Waals surface area contributed by atoms with E-state index in [1.807, 2.05) is 0 Å². The summed E-state index contributed by atoms with van der Waals surface area (Å²) in [6.45, 7) is 3.45. The van der Waals surface area contributed by atoms with Crippen molar-refractivity contribution in [3.05, 3.63) is 65.7 Å². The summed E-state index contributed by atoms with van der Waals surface area (Å²) in [6, 6.07) is 11.5. The van der Waals surface area contributed by atoms with E-state index in [2.05, 4.69) is 17.1 Å². The second kappa shape index (κ2) is 10.7. The van der Waals surface area contributed by atoms with Gasteiger partial charge in [0.05, 0.1) is 30.3 Å². The molecule has 30 heavy (non-hydrogen) atoms. The van der Waals surface area contributed by atoms with Crippen LogP contribution in [-0.2, 0) is 14.8 Å². The van der Waals surface area contributed by atoms with Gasteiger partial charge in [0.15, 0.2) is 11.5 Å². The summed E-state index contributed by atoms with van der Waals surface area (Å²) in [5.41, 5.74) is 3.16. The van der Waals surface area contributed by atoms with Gasteiger partial charge in [-0.2, -0.15) is 5.10 Å². The number of sulfonamides is 1. The third kappa shape index (κ3) is 6.50. The summed E-state index contributed by atoms with van der Waals surface area (Å²) < 4.78 is 35.9. The van der Waals surface area contributed by atoms with E-state index in [-0.39, 0.29) is 10.7 Å². The predicted molar refractivity (Wildman–Crippen MR) is 118 cm³/mol. The van der Waals surface area contributed by atoms with E-state index in [0.717, 1.165) is 10.6 Å². The largest absolute Gasteiger partial charge is 0.493 e. The Kier molecular flexibility index (Phi) is 8.25. The summed E-state index contributed by atoms with van der Waals surface area (Å²) >= 11 is 6.07. The maximum atomic E-state index is 12.2. The number of rotatable bonds is 10. The van der Waals surface area contributed by atoms with E-state index in [4.69, 9.17) is 21.1 Å². The molecule has 2 aromatic carbocycles. The number of hydrogen-bond acceptors (Lipinski definition) is 6. The second-order valence-corrected chi connectivity index (χ2v) is 8.34. The Morgan fingerprint density at radius 2 is 2.00 bits per heavy atom. The van der Waals surface area contributed by atoms with Crippen LogP contribution in [0.15, 0.2) is 60.2 Å². The van der Waals surface area contributed by atoms with Gasteiger partial charge < -0.3 is 9.47 Å². The number of benzene rings is 2. The summed E-state index contributed by atoms with van der Waals surface area (Å²) in [5, 5.41) is 4.08.